The van der Waals surface area contributed by atoms with Crippen molar-refractivity contribution in [1.29, 1.82) is 5.26 Å². The largest absolute Gasteiger partial charge is 0.465 e. The molecule has 2 aromatic carbocycles. The lowest BCUT2D eigenvalue weighted by atomic mass is 10.1. The number of amides is 1. The lowest BCUT2D eigenvalue weighted by molar-refractivity contribution is -0.112. The molecule has 3 rings (SSSR count). The Balaban J connectivity index is 1.90. The molecule has 0 bridgehead atoms. The maximum Gasteiger partial charge on any atom is 0.337 e. The summed E-state index contributed by atoms with van der Waals surface area (Å²) in [5.74, 6) is -0.916. The number of nitrogens with zero attached hydrogens (tertiary/aromatic N) is 2. The molecule has 1 aromatic heterocycles. The number of halogens is 1. The predicted octanol–water partition coefficient (Wildman–Crippen LogP) is 5.39. The Labute approximate surface area is 191 Å². The second-order valence-corrected chi connectivity index (χ2v) is 7.70. The minimum atomic E-state index is -0.514. The maximum atomic E-state index is 12.7. The monoisotopic (exact) mass is 447 g/mol. The molecule has 0 spiro atoms. The second kappa shape index (κ2) is 9.54. The minimum Gasteiger partial charge on any atom is -0.465 e. The molecule has 0 radical (unpaired) electrons. The molecule has 1 amide bonds. The highest BCUT2D eigenvalue weighted by Gasteiger charge is 2.15. The molecule has 3 aromatic rings. The van der Waals surface area contributed by atoms with Gasteiger partial charge in [-0.1, -0.05) is 17.7 Å². The highest BCUT2D eigenvalue weighted by Crippen LogP contribution is 2.24. The summed E-state index contributed by atoms with van der Waals surface area (Å²) in [5.41, 5.74) is 5.21. The van der Waals surface area contributed by atoms with Gasteiger partial charge in [0.15, 0.2) is 0 Å². The lowest BCUT2D eigenvalue weighted by Gasteiger charge is -2.10. The molecule has 0 fully saturated rings. The van der Waals surface area contributed by atoms with Crippen LogP contribution in [0.15, 0.2) is 54.1 Å². The average Bonchev–Trinajstić information content (AvgIpc) is 3.06. The zero-order valence-electron chi connectivity index (χ0n) is 18.2. The molecule has 0 unspecified atom stereocenters. The minimum absolute atomic E-state index is 0.0250. The van der Waals surface area contributed by atoms with Crippen molar-refractivity contribution < 1.29 is 14.3 Å². The molecule has 0 aliphatic heterocycles. The van der Waals surface area contributed by atoms with Crippen LogP contribution in [0.2, 0.25) is 5.02 Å². The number of methoxy groups -OCH3 is 1. The number of rotatable bonds is 5. The highest BCUT2D eigenvalue weighted by atomic mass is 35.5. The van der Waals surface area contributed by atoms with Crippen LogP contribution in [-0.4, -0.2) is 23.6 Å². The van der Waals surface area contributed by atoms with Gasteiger partial charge >= 0.3 is 5.97 Å². The Morgan fingerprint density at radius 1 is 1.09 bits per heavy atom. The summed E-state index contributed by atoms with van der Waals surface area (Å²) in [6, 6.07) is 16.1. The van der Waals surface area contributed by atoms with Crippen LogP contribution in [0.25, 0.3) is 11.8 Å². The molecule has 6 nitrogen and oxygen atoms in total. The number of nitriles is 1. The smallest absolute Gasteiger partial charge is 0.337 e. The summed E-state index contributed by atoms with van der Waals surface area (Å²) in [5, 5.41) is 12.8. The summed E-state index contributed by atoms with van der Waals surface area (Å²) in [4.78, 5) is 24.3. The molecule has 7 heteroatoms. The van der Waals surface area contributed by atoms with E-state index in [0.29, 0.717) is 16.3 Å². The number of hydrogen-bond donors (Lipinski definition) is 1. The normalized spacial score (nSPS) is 11.1. The molecule has 32 heavy (non-hydrogen) atoms. The van der Waals surface area contributed by atoms with Gasteiger partial charge in [-0.3, -0.25) is 4.79 Å². The van der Waals surface area contributed by atoms with Crippen LogP contribution < -0.4 is 5.32 Å². The summed E-state index contributed by atoms with van der Waals surface area (Å²) < 4.78 is 6.72. The van der Waals surface area contributed by atoms with Crippen LogP contribution in [0.3, 0.4) is 0 Å². The van der Waals surface area contributed by atoms with E-state index in [1.807, 2.05) is 49.6 Å². The van der Waals surface area contributed by atoms with E-state index in [4.69, 9.17) is 16.3 Å². The van der Waals surface area contributed by atoms with E-state index in [1.54, 1.807) is 36.4 Å². The lowest BCUT2D eigenvalue weighted by Crippen LogP contribution is -2.13. The van der Waals surface area contributed by atoms with Gasteiger partial charge < -0.3 is 14.6 Å². The van der Waals surface area contributed by atoms with Crippen molar-refractivity contribution >= 4 is 35.2 Å². The molecular formula is C25H22ClN3O3. The number of aryl methyl sites for hydroxylation is 2. The van der Waals surface area contributed by atoms with E-state index >= 15 is 0 Å². The molecule has 1 heterocycles. The number of benzene rings is 2. The third-order valence-electron chi connectivity index (χ3n) is 5.11. The highest BCUT2D eigenvalue weighted by molar-refractivity contribution is 6.31. The Bertz CT molecular complexity index is 1260. The van der Waals surface area contributed by atoms with Gasteiger partial charge in [-0.2, -0.15) is 5.26 Å². The van der Waals surface area contributed by atoms with Crippen LogP contribution in [-0.2, 0) is 9.53 Å². The number of nitrogens with one attached hydrogen (secondary N) is 1. The van der Waals surface area contributed by atoms with Crippen molar-refractivity contribution in [1.82, 2.24) is 4.57 Å². The zero-order chi connectivity index (χ0) is 23.4. The predicted molar refractivity (Wildman–Crippen MR) is 125 cm³/mol. The first-order valence-electron chi connectivity index (χ1n) is 9.82. The fourth-order valence-corrected chi connectivity index (χ4v) is 3.55. The van der Waals surface area contributed by atoms with E-state index in [9.17, 15) is 14.9 Å². The molecule has 0 saturated heterocycles. The number of carbonyl (C=O) groups excluding carboxylic acids is 2. The molecule has 0 aliphatic rings. The molecule has 0 atom stereocenters. The topological polar surface area (TPSA) is 84.1 Å². The number of hydrogen-bond acceptors (Lipinski definition) is 4. The number of anilines is 1. The fourth-order valence-electron chi connectivity index (χ4n) is 3.37. The van der Waals surface area contributed by atoms with Gasteiger partial charge in [-0.15, -0.1) is 0 Å². The quantitative estimate of drug-likeness (QED) is 0.323. The number of carbonyl (C=O) groups is 2. The van der Waals surface area contributed by atoms with E-state index in [2.05, 4.69) is 5.32 Å². The van der Waals surface area contributed by atoms with Gasteiger partial charge in [0.05, 0.1) is 12.7 Å². The first-order chi connectivity index (χ1) is 15.2. The van der Waals surface area contributed by atoms with Crippen LogP contribution in [0, 0.1) is 32.1 Å². The van der Waals surface area contributed by atoms with Gasteiger partial charge in [0, 0.05) is 27.8 Å². The molecule has 1 N–H and O–H groups in total. The number of esters is 1. The summed E-state index contributed by atoms with van der Waals surface area (Å²) in [6.07, 6.45) is 1.56. The van der Waals surface area contributed by atoms with Crippen molar-refractivity contribution in [3.8, 4) is 11.8 Å². The van der Waals surface area contributed by atoms with E-state index < -0.39 is 11.9 Å². The standard InChI is InChI=1S/C25H22ClN3O3/c1-15-5-8-21(13-23(15)26)28-24(30)20(14-27)12-19-11-16(2)29(17(19)3)22-9-6-18(7-10-22)25(31)32-4/h5-13H,1-4H3,(H,28,30)/b20-12-. The molecular weight excluding hydrogens is 426 g/mol. The molecule has 162 valence electrons. The van der Waals surface area contributed by atoms with Crippen LogP contribution >= 0.6 is 11.6 Å². The van der Waals surface area contributed by atoms with Crippen molar-refractivity contribution in [3.05, 3.63) is 87.2 Å². The Hall–Kier alpha value is -3.82. The summed E-state index contributed by atoms with van der Waals surface area (Å²) in [7, 11) is 1.34. The van der Waals surface area contributed by atoms with Crippen LogP contribution in [0.4, 0.5) is 5.69 Å². The zero-order valence-corrected chi connectivity index (χ0v) is 18.9. The number of ether oxygens (including phenoxy) is 1. The Morgan fingerprint density at radius 3 is 2.38 bits per heavy atom. The average molecular weight is 448 g/mol. The molecule has 0 aliphatic carbocycles. The second-order valence-electron chi connectivity index (χ2n) is 7.29. The van der Waals surface area contributed by atoms with Crippen molar-refractivity contribution in [2.75, 3.05) is 12.4 Å². The van der Waals surface area contributed by atoms with Gasteiger partial charge in [0.1, 0.15) is 11.6 Å². The van der Waals surface area contributed by atoms with Gasteiger partial charge in [0.25, 0.3) is 5.91 Å². The Morgan fingerprint density at radius 2 is 1.78 bits per heavy atom. The fraction of sp³-hybridized carbons (Fsp3) is 0.160. The van der Waals surface area contributed by atoms with E-state index in [-0.39, 0.29) is 5.57 Å². The third-order valence-corrected chi connectivity index (χ3v) is 5.52. The van der Waals surface area contributed by atoms with Crippen molar-refractivity contribution in [2.24, 2.45) is 0 Å². The Kier molecular flexibility index (Phi) is 6.82. The van der Waals surface area contributed by atoms with Crippen molar-refractivity contribution in [2.45, 2.75) is 20.8 Å². The first kappa shape index (κ1) is 22.9. The number of aromatic nitrogens is 1. The molecule has 0 saturated carbocycles. The van der Waals surface area contributed by atoms with E-state index in [1.165, 1.54) is 7.11 Å². The van der Waals surface area contributed by atoms with Gasteiger partial charge in [-0.25, -0.2) is 4.79 Å². The van der Waals surface area contributed by atoms with Crippen LogP contribution in [0.5, 0.6) is 0 Å². The SMILES string of the molecule is COC(=O)c1ccc(-n2c(C)cc(/C=C(/C#N)C(=O)Nc3ccc(C)c(Cl)c3)c2C)cc1. The summed E-state index contributed by atoms with van der Waals surface area (Å²) in [6.45, 7) is 5.70. The van der Waals surface area contributed by atoms with Crippen LogP contribution in [0.1, 0.15) is 32.9 Å². The third kappa shape index (κ3) is 4.74. The van der Waals surface area contributed by atoms with E-state index in [0.717, 1.165) is 28.2 Å². The van der Waals surface area contributed by atoms with Gasteiger partial charge in [-0.05, 0) is 80.4 Å². The summed E-state index contributed by atoms with van der Waals surface area (Å²) >= 11 is 6.12. The first-order valence-corrected chi connectivity index (χ1v) is 10.2. The van der Waals surface area contributed by atoms with Crippen molar-refractivity contribution in [3.63, 3.8) is 0 Å². The van der Waals surface area contributed by atoms with Gasteiger partial charge in [0.2, 0.25) is 0 Å². The maximum absolute atomic E-state index is 12.7.